The molecule has 1 unspecified atom stereocenters. The lowest BCUT2D eigenvalue weighted by Crippen LogP contribution is -2.32. The van der Waals surface area contributed by atoms with Crippen LogP contribution in [0, 0.1) is 0 Å². The standard InChI is InChI=1S/C20H24F2N2O3/c1-12(2)15-7-5-6-8-16(15)24-19(25)13(3)23-14-9-10-17(26-4)18(11-14)27-20(21)22/h5-13,20,23H,1-4H3,(H,24,25). The SMILES string of the molecule is COc1ccc(NC(C)C(=O)Nc2ccccc2C(C)C)cc1OC(F)F. The Kier molecular flexibility index (Phi) is 6.98. The van der Waals surface area contributed by atoms with Crippen LogP contribution in [0.3, 0.4) is 0 Å². The van der Waals surface area contributed by atoms with Crippen molar-refractivity contribution in [2.75, 3.05) is 17.7 Å². The number of carbonyl (C=O) groups excluding carboxylic acids is 1. The van der Waals surface area contributed by atoms with Gasteiger partial charge in [-0.05, 0) is 36.6 Å². The van der Waals surface area contributed by atoms with Gasteiger partial charge in [-0.25, -0.2) is 0 Å². The Morgan fingerprint density at radius 2 is 1.74 bits per heavy atom. The number of para-hydroxylation sites is 1. The number of ether oxygens (including phenoxy) is 2. The first-order chi connectivity index (χ1) is 12.8. The first-order valence-electron chi connectivity index (χ1n) is 8.61. The Balaban J connectivity index is 2.10. The van der Waals surface area contributed by atoms with Crippen molar-refractivity contribution in [3.63, 3.8) is 0 Å². The van der Waals surface area contributed by atoms with Crippen molar-refractivity contribution in [3.05, 3.63) is 48.0 Å². The van der Waals surface area contributed by atoms with Gasteiger partial charge < -0.3 is 20.1 Å². The molecular weight excluding hydrogens is 354 g/mol. The zero-order valence-electron chi connectivity index (χ0n) is 15.8. The average molecular weight is 378 g/mol. The Morgan fingerprint density at radius 3 is 2.37 bits per heavy atom. The number of methoxy groups -OCH3 is 1. The van der Waals surface area contributed by atoms with Crippen LogP contribution in [0.5, 0.6) is 11.5 Å². The van der Waals surface area contributed by atoms with Gasteiger partial charge in [0.25, 0.3) is 0 Å². The van der Waals surface area contributed by atoms with Crippen molar-refractivity contribution in [3.8, 4) is 11.5 Å². The Hall–Kier alpha value is -2.83. The third-order valence-corrected chi connectivity index (χ3v) is 4.00. The molecule has 2 rings (SSSR count). The molecule has 146 valence electrons. The third-order valence-electron chi connectivity index (χ3n) is 4.00. The predicted molar refractivity (Wildman–Crippen MR) is 102 cm³/mol. The molecule has 1 atom stereocenters. The number of hydrogen-bond donors (Lipinski definition) is 2. The first-order valence-corrected chi connectivity index (χ1v) is 8.61. The number of hydrogen-bond acceptors (Lipinski definition) is 4. The largest absolute Gasteiger partial charge is 0.493 e. The summed E-state index contributed by atoms with van der Waals surface area (Å²) in [4.78, 5) is 12.5. The summed E-state index contributed by atoms with van der Waals surface area (Å²) in [6, 6.07) is 11.5. The van der Waals surface area contributed by atoms with Crippen LogP contribution in [0.15, 0.2) is 42.5 Å². The van der Waals surface area contributed by atoms with Crippen molar-refractivity contribution >= 4 is 17.3 Å². The highest BCUT2D eigenvalue weighted by Crippen LogP contribution is 2.32. The van der Waals surface area contributed by atoms with Gasteiger partial charge in [-0.2, -0.15) is 8.78 Å². The highest BCUT2D eigenvalue weighted by atomic mass is 19.3. The van der Waals surface area contributed by atoms with Crippen LogP contribution in [0.4, 0.5) is 20.2 Å². The van der Waals surface area contributed by atoms with Crippen LogP contribution in [0.1, 0.15) is 32.3 Å². The quantitative estimate of drug-likeness (QED) is 0.689. The third kappa shape index (κ3) is 5.57. The van der Waals surface area contributed by atoms with Gasteiger partial charge in [-0.15, -0.1) is 0 Å². The van der Waals surface area contributed by atoms with Gasteiger partial charge in [0.15, 0.2) is 11.5 Å². The maximum Gasteiger partial charge on any atom is 0.387 e. The van der Waals surface area contributed by atoms with E-state index in [1.807, 2.05) is 24.3 Å². The van der Waals surface area contributed by atoms with Gasteiger partial charge in [-0.3, -0.25) is 4.79 Å². The minimum absolute atomic E-state index is 0.102. The maximum atomic E-state index is 12.5. The Labute approximate surface area is 157 Å². The molecule has 0 saturated heterocycles. The normalized spacial score (nSPS) is 12.0. The number of carbonyl (C=O) groups is 1. The van der Waals surface area contributed by atoms with E-state index in [1.54, 1.807) is 13.0 Å². The van der Waals surface area contributed by atoms with E-state index in [2.05, 4.69) is 29.2 Å². The number of nitrogens with one attached hydrogen (secondary N) is 2. The molecule has 0 saturated carbocycles. The monoisotopic (exact) mass is 378 g/mol. The Bertz CT molecular complexity index is 782. The van der Waals surface area contributed by atoms with E-state index in [0.717, 1.165) is 11.3 Å². The van der Waals surface area contributed by atoms with Gasteiger partial charge >= 0.3 is 6.61 Å². The molecule has 0 bridgehead atoms. The first kappa shape index (κ1) is 20.5. The number of amides is 1. The molecule has 0 aromatic heterocycles. The minimum atomic E-state index is -2.97. The van der Waals surface area contributed by atoms with E-state index in [1.165, 1.54) is 19.2 Å². The molecule has 27 heavy (non-hydrogen) atoms. The molecule has 1 amide bonds. The highest BCUT2D eigenvalue weighted by Gasteiger charge is 2.17. The van der Waals surface area contributed by atoms with E-state index in [9.17, 15) is 13.6 Å². The van der Waals surface area contributed by atoms with Crippen molar-refractivity contribution < 1.29 is 23.0 Å². The summed E-state index contributed by atoms with van der Waals surface area (Å²) in [5.74, 6) is 0.106. The smallest absolute Gasteiger partial charge is 0.387 e. The van der Waals surface area contributed by atoms with Crippen molar-refractivity contribution in [2.45, 2.75) is 39.3 Å². The lowest BCUT2D eigenvalue weighted by molar-refractivity contribution is -0.116. The van der Waals surface area contributed by atoms with Crippen LogP contribution in [-0.2, 0) is 4.79 Å². The van der Waals surface area contributed by atoms with E-state index >= 15 is 0 Å². The molecule has 2 aromatic carbocycles. The van der Waals surface area contributed by atoms with Crippen molar-refractivity contribution in [1.82, 2.24) is 0 Å². The average Bonchev–Trinajstić information content (AvgIpc) is 2.61. The summed E-state index contributed by atoms with van der Waals surface area (Å²) >= 11 is 0. The fourth-order valence-electron chi connectivity index (χ4n) is 2.63. The van der Waals surface area contributed by atoms with Gasteiger partial charge in [0, 0.05) is 17.4 Å². The number of alkyl halides is 2. The van der Waals surface area contributed by atoms with Gasteiger partial charge in [0.05, 0.1) is 7.11 Å². The summed E-state index contributed by atoms with van der Waals surface area (Å²) in [5, 5.41) is 5.89. The van der Waals surface area contributed by atoms with Gasteiger partial charge in [-0.1, -0.05) is 32.0 Å². The number of rotatable bonds is 8. The zero-order valence-corrected chi connectivity index (χ0v) is 15.8. The van der Waals surface area contributed by atoms with Crippen molar-refractivity contribution in [1.29, 1.82) is 0 Å². The van der Waals surface area contributed by atoms with Crippen LogP contribution >= 0.6 is 0 Å². The summed E-state index contributed by atoms with van der Waals surface area (Å²) in [5.41, 5.74) is 2.25. The summed E-state index contributed by atoms with van der Waals surface area (Å²) < 4.78 is 34.5. The number of halogens is 2. The molecule has 0 fully saturated rings. The topological polar surface area (TPSA) is 59.6 Å². The lowest BCUT2D eigenvalue weighted by atomic mass is 10.0. The second kappa shape index (κ2) is 9.21. The minimum Gasteiger partial charge on any atom is -0.493 e. The predicted octanol–water partition coefficient (Wildman–Crippen LogP) is 4.86. The van der Waals surface area contributed by atoms with Gasteiger partial charge in [0.1, 0.15) is 6.04 Å². The number of benzene rings is 2. The molecule has 2 aromatic rings. The van der Waals surface area contributed by atoms with Crippen LogP contribution in [0.2, 0.25) is 0 Å². The van der Waals surface area contributed by atoms with E-state index < -0.39 is 12.7 Å². The molecule has 5 nitrogen and oxygen atoms in total. The highest BCUT2D eigenvalue weighted by molar-refractivity contribution is 5.97. The van der Waals surface area contributed by atoms with Crippen LogP contribution < -0.4 is 20.1 Å². The molecule has 0 aliphatic heterocycles. The van der Waals surface area contributed by atoms with E-state index in [0.29, 0.717) is 5.69 Å². The Morgan fingerprint density at radius 1 is 1.04 bits per heavy atom. The summed E-state index contributed by atoms with van der Waals surface area (Å²) in [6.45, 7) is 2.82. The molecule has 0 heterocycles. The van der Waals surface area contributed by atoms with E-state index in [-0.39, 0.29) is 23.3 Å². The molecule has 0 spiro atoms. The van der Waals surface area contributed by atoms with Gasteiger partial charge in [0.2, 0.25) is 5.91 Å². The molecule has 2 N–H and O–H groups in total. The molecular formula is C20H24F2N2O3. The maximum absolute atomic E-state index is 12.5. The zero-order chi connectivity index (χ0) is 20.0. The second-order valence-electron chi connectivity index (χ2n) is 6.34. The molecule has 0 aliphatic carbocycles. The molecule has 7 heteroatoms. The molecule has 0 radical (unpaired) electrons. The summed E-state index contributed by atoms with van der Waals surface area (Å²) in [7, 11) is 1.36. The second-order valence-corrected chi connectivity index (χ2v) is 6.34. The fourth-order valence-corrected chi connectivity index (χ4v) is 2.63. The van der Waals surface area contributed by atoms with Crippen molar-refractivity contribution in [2.24, 2.45) is 0 Å². The fraction of sp³-hybridized carbons (Fsp3) is 0.350. The van der Waals surface area contributed by atoms with E-state index in [4.69, 9.17) is 4.74 Å². The van der Waals surface area contributed by atoms with Crippen LogP contribution in [0.25, 0.3) is 0 Å². The number of anilines is 2. The summed E-state index contributed by atoms with van der Waals surface area (Å²) in [6.07, 6.45) is 0. The van der Waals surface area contributed by atoms with Crippen LogP contribution in [-0.4, -0.2) is 25.7 Å². The lowest BCUT2D eigenvalue weighted by Gasteiger charge is -2.19. The molecule has 0 aliphatic rings.